The van der Waals surface area contributed by atoms with Crippen LogP contribution in [0, 0.1) is 0 Å². The van der Waals surface area contributed by atoms with Gasteiger partial charge in [0.1, 0.15) is 0 Å². The first kappa shape index (κ1) is 15.2. The van der Waals surface area contributed by atoms with Gasteiger partial charge in [-0.3, -0.25) is 0 Å². The zero-order valence-corrected chi connectivity index (χ0v) is 12.4. The first-order valence-corrected chi connectivity index (χ1v) is 7.07. The number of nitrogen functional groups attached to an aromatic ring is 1. The second-order valence-corrected chi connectivity index (χ2v) is 5.21. The van der Waals surface area contributed by atoms with Crippen molar-refractivity contribution >= 4 is 34.6 Å². The quantitative estimate of drug-likeness (QED) is 0.719. The number of carbonyl (C=O) groups is 1. The lowest BCUT2D eigenvalue weighted by Crippen LogP contribution is -2.05. The Morgan fingerprint density at radius 1 is 1.29 bits per heavy atom. The van der Waals surface area contributed by atoms with Crippen molar-refractivity contribution in [2.24, 2.45) is 0 Å². The molecule has 0 unspecified atom stereocenters. The average molecular weight is 305 g/mol. The Labute approximate surface area is 128 Å². The molecule has 0 aliphatic heterocycles. The van der Waals surface area contributed by atoms with Crippen LogP contribution in [0.4, 0.5) is 17.1 Å². The summed E-state index contributed by atoms with van der Waals surface area (Å²) in [5, 5.41) is 12.6. The summed E-state index contributed by atoms with van der Waals surface area (Å²) in [5.41, 5.74) is 8.38. The van der Waals surface area contributed by atoms with Crippen LogP contribution < -0.4 is 11.1 Å². The molecule has 0 aliphatic rings. The van der Waals surface area contributed by atoms with E-state index < -0.39 is 5.97 Å². The van der Waals surface area contributed by atoms with Crippen molar-refractivity contribution in [2.75, 3.05) is 11.1 Å². The van der Waals surface area contributed by atoms with Crippen LogP contribution >= 0.6 is 11.6 Å². The van der Waals surface area contributed by atoms with E-state index in [1.54, 1.807) is 0 Å². The molecule has 0 atom stereocenters. The second-order valence-electron chi connectivity index (χ2n) is 4.80. The third kappa shape index (κ3) is 3.67. The summed E-state index contributed by atoms with van der Waals surface area (Å²) >= 11 is 6.10. The number of carboxylic acids is 1. The lowest BCUT2D eigenvalue weighted by molar-refractivity contribution is 0.0698. The zero-order chi connectivity index (χ0) is 15.4. The second kappa shape index (κ2) is 6.50. The molecule has 0 fully saturated rings. The largest absolute Gasteiger partial charge is 0.478 e. The summed E-state index contributed by atoms with van der Waals surface area (Å²) < 4.78 is 0. The third-order valence-electron chi connectivity index (χ3n) is 3.10. The lowest BCUT2D eigenvalue weighted by atomic mass is 10.1. The van der Waals surface area contributed by atoms with Gasteiger partial charge in [-0.15, -0.1) is 0 Å². The third-order valence-corrected chi connectivity index (χ3v) is 3.40. The van der Waals surface area contributed by atoms with Crippen LogP contribution in [0.5, 0.6) is 0 Å². The van der Waals surface area contributed by atoms with E-state index in [-0.39, 0.29) is 10.6 Å². The van der Waals surface area contributed by atoms with Crippen LogP contribution in [-0.2, 0) is 6.42 Å². The number of nitrogens with two attached hydrogens (primary N) is 1. The van der Waals surface area contributed by atoms with E-state index in [9.17, 15) is 9.90 Å². The maximum atomic E-state index is 11.3. The van der Waals surface area contributed by atoms with Gasteiger partial charge in [0.05, 0.1) is 16.3 Å². The van der Waals surface area contributed by atoms with Crippen LogP contribution in [0.15, 0.2) is 36.4 Å². The summed E-state index contributed by atoms with van der Waals surface area (Å²) in [6.45, 7) is 2.12. The first-order valence-electron chi connectivity index (χ1n) is 6.69. The molecule has 0 spiro atoms. The van der Waals surface area contributed by atoms with Gasteiger partial charge in [-0.25, -0.2) is 4.79 Å². The maximum Gasteiger partial charge on any atom is 0.337 e. The molecule has 0 amide bonds. The SMILES string of the molecule is CCCc1ccc(Nc2c(Cl)cc(N)cc2C(=O)O)cc1. The van der Waals surface area contributed by atoms with E-state index >= 15 is 0 Å². The maximum absolute atomic E-state index is 11.3. The topological polar surface area (TPSA) is 75.3 Å². The van der Waals surface area contributed by atoms with Crippen LogP contribution in [0.25, 0.3) is 0 Å². The molecule has 110 valence electrons. The number of nitrogens with one attached hydrogen (secondary N) is 1. The molecule has 0 radical (unpaired) electrons. The summed E-state index contributed by atoms with van der Waals surface area (Å²) in [7, 11) is 0. The van der Waals surface area contributed by atoms with Crippen molar-refractivity contribution in [1.82, 2.24) is 0 Å². The van der Waals surface area contributed by atoms with Gasteiger partial charge >= 0.3 is 5.97 Å². The highest BCUT2D eigenvalue weighted by Crippen LogP contribution is 2.32. The smallest absolute Gasteiger partial charge is 0.337 e. The number of anilines is 3. The van der Waals surface area contributed by atoms with E-state index in [4.69, 9.17) is 17.3 Å². The summed E-state index contributed by atoms with van der Waals surface area (Å²) in [4.78, 5) is 11.3. The minimum Gasteiger partial charge on any atom is -0.478 e. The van der Waals surface area contributed by atoms with Gasteiger partial charge in [0, 0.05) is 11.4 Å². The highest BCUT2D eigenvalue weighted by molar-refractivity contribution is 6.34. The normalized spacial score (nSPS) is 10.4. The van der Waals surface area contributed by atoms with Crippen molar-refractivity contribution < 1.29 is 9.90 Å². The fourth-order valence-corrected chi connectivity index (χ4v) is 2.39. The van der Waals surface area contributed by atoms with Crippen LogP contribution in [0.3, 0.4) is 0 Å². The van der Waals surface area contributed by atoms with Crippen LogP contribution in [0.1, 0.15) is 29.3 Å². The van der Waals surface area contributed by atoms with Gasteiger partial charge in [-0.05, 0) is 36.2 Å². The molecule has 5 heteroatoms. The number of benzene rings is 2. The van der Waals surface area contributed by atoms with Gasteiger partial charge in [0.25, 0.3) is 0 Å². The molecule has 0 saturated heterocycles. The molecule has 21 heavy (non-hydrogen) atoms. The monoisotopic (exact) mass is 304 g/mol. The van der Waals surface area contributed by atoms with Crippen molar-refractivity contribution in [3.8, 4) is 0 Å². The van der Waals surface area contributed by atoms with Gasteiger partial charge in [0.2, 0.25) is 0 Å². The molecular formula is C16H17ClN2O2. The van der Waals surface area contributed by atoms with Crippen LogP contribution in [-0.4, -0.2) is 11.1 Å². The van der Waals surface area contributed by atoms with Crippen molar-refractivity contribution in [3.05, 3.63) is 52.5 Å². The predicted molar refractivity (Wildman–Crippen MR) is 86.5 cm³/mol. The standard InChI is InChI=1S/C16H17ClN2O2/c1-2-3-10-4-6-12(7-5-10)19-15-13(16(20)21)8-11(18)9-14(15)17/h4-9,19H,2-3,18H2,1H3,(H,20,21). The van der Waals surface area contributed by atoms with Gasteiger partial charge in [-0.2, -0.15) is 0 Å². The van der Waals surface area contributed by atoms with E-state index in [0.717, 1.165) is 18.5 Å². The molecule has 0 saturated carbocycles. The fraction of sp³-hybridized carbons (Fsp3) is 0.188. The van der Waals surface area contributed by atoms with Crippen molar-refractivity contribution in [1.29, 1.82) is 0 Å². The van der Waals surface area contributed by atoms with E-state index in [1.165, 1.54) is 17.7 Å². The molecule has 0 aromatic heterocycles. The highest BCUT2D eigenvalue weighted by Gasteiger charge is 2.15. The Hall–Kier alpha value is -2.20. The predicted octanol–water partition coefficient (Wildman–Crippen LogP) is 4.32. The number of halogens is 1. The Morgan fingerprint density at radius 3 is 2.52 bits per heavy atom. The Morgan fingerprint density at radius 2 is 1.95 bits per heavy atom. The van der Waals surface area contributed by atoms with E-state index in [2.05, 4.69) is 12.2 Å². The molecule has 4 N–H and O–H groups in total. The Kier molecular flexibility index (Phi) is 4.70. The molecule has 4 nitrogen and oxygen atoms in total. The number of hydrogen-bond donors (Lipinski definition) is 3. The number of carboxylic acid groups (broad SMARTS) is 1. The van der Waals surface area contributed by atoms with Gasteiger partial charge in [0.15, 0.2) is 0 Å². The fourth-order valence-electron chi connectivity index (χ4n) is 2.11. The van der Waals surface area contributed by atoms with E-state index in [1.807, 2.05) is 24.3 Å². The first-order chi connectivity index (χ1) is 10.0. The Bertz CT molecular complexity index is 654. The summed E-state index contributed by atoms with van der Waals surface area (Å²) in [6, 6.07) is 10.8. The lowest BCUT2D eigenvalue weighted by Gasteiger charge is -2.13. The molecular weight excluding hydrogens is 288 g/mol. The molecule has 0 bridgehead atoms. The van der Waals surface area contributed by atoms with Gasteiger partial charge in [-0.1, -0.05) is 37.1 Å². The van der Waals surface area contributed by atoms with Crippen molar-refractivity contribution in [3.63, 3.8) is 0 Å². The number of aryl methyl sites for hydroxylation is 1. The Balaban J connectivity index is 2.32. The van der Waals surface area contributed by atoms with Crippen LogP contribution in [0.2, 0.25) is 5.02 Å². The minimum atomic E-state index is -1.07. The molecule has 2 aromatic carbocycles. The number of aromatic carboxylic acids is 1. The van der Waals surface area contributed by atoms with Crippen molar-refractivity contribution in [2.45, 2.75) is 19.8 Å². The molecule has 0 aliphatic carbocycles. The number of hydrogen-bond acceptors (Lipinski definition) is 3. The summed E-state index contributed by atoms with van der Waals surface area (Å²) in [6.07, 6.45) is 2.10. The zero-order valence-electron chi connectivity index (χ0n) is 11.7. The molecule has 2 rings (SSSR count). The minimum absolute atomic E-state index is 0.0534. The number of rotatable bonds is 5. The molecule has 0 heterocycles. The highest BCUT2D eigenvalue weighted by atomic mass is 35.5. The molecule has 2 aromatic rings. The summed E-state index contributed by atoms with van der Waals surface area (Å²) in [5.74, 6) is -1.07. The van der Waals surface area contributed by atoms with Gasteiger partial charge < -0.3 is 16.2 Å². The average Bonchev–Trinajstić information content (AvgIpc) is 2.43. The van der Waals surface area contributed by atoms with E-state index in [0.29, 0.717) is 11.4 Å².